The molecule has 1 aromatic rings. The van der Waals surface area contributed by atoms with Gasteiger partial charge in [0.25, 0.3) is 0 Å². The summed E-state index contributed by atoms with van der Waals surface area (Å²) in [4.78, 5) is 0. The molecule has 0 bridgehead atoms. The Morgan fingerprint density at radius 1 is 1.15 bits per heavy atom. The van der Waals surface area contributed by atoms with Crippen molar-refractivity contribution in [2.24, 2.45) is 0 Å². The van der Waals surface area contributed by atoms with Crippen LogP contribution in [0.25, 0.3) is 0 Å². The molecule has 0 spiro atoms. The summed E-state index contributed by atoms with van der Waals surface area (Å²) in [5.41, 5.74) is -1.94. The average molecular weight is 293 g/mol. The molecule has 0 radical (unpaired) electrons. The molecule has 0 aliphatic carbocycles. The van der Waals surface area contributed by atoms with Gasteiger partial charge in [-0.2, -0.15) is 27.2 Å². The SMILES string of the molecule is COC(C)(CC(F)(F)C(F)(F)F)c1ccccc1C#N. The fourth-order valence-corrected chi connectivity index (χ4v) is 1.84. The van der Waals surface area contributed by atoms with Gasteiger partial charge in [0.1, 0.15) is 0 Å². The Morgan fingerprint density at radius 3 is 2.15 bits per heavy atom. The van der Waals surface area contributed by atoms with Crippen LogP contribution in [0.4, 0.5) is 22.0 Å². The second-order valence-corrected chi connectivity index (χ2v) is 4.47. The highest BCUT2D eigenvalue weighted by atomic mass is 19.4. The summed E-state index contributed by atoms with van der Waals surface area (Å²) < 4.78 is 68.3. The number of halogens is 5. The molecule has 1 atom stereocenters. The van der Waals surface area contributed by atoms with E-state index < -0.39 is 24.1 Å². The predicted octanol–water partition coefficient (Wildman–Crippen LogP) is 4.01. The standard InChI is InChI=1S/C13H12F5NO/c1-11(20-2,8-12(14,15)13(16,17)18)10-6-4-3-5-9(10)7-19/h3-6H,8H2,1-2H3. The van der Waals surface area contributed by atoms with E-state index in [-0.39, 0.29) is 11.1 Å². The number of rotatable bonds is 4. The zero-order chi connectivity index (χ0) is 15.6. The van der Waals surface area contributed by atoms with E-state index in [0.717, 1.165) is 14.0 Å². The van der Waals surface area contributed by atoms with Crippen LogP contribution in [-0.2, 0) is 10.3 Å². The number of nitrogens with zero attached hydrogens (tertiary/aromatic N) is 1. The van der Waals surface area contributed by atoms with Crippen molar-refractivity contribution in [2.45, 2.75) is 31.0 Å². The second-order valence-electron chi connectivity index (χ2n) is 4.47. The number of alkyl halides is 5. The number of benzene rings is 1. The lowest BCUT2D eigenvalue weighted by Crippen LogP contribution is -2.43. The third-order valence-corrected chi connectivity index (χ3v) is 3.04. The molecule has 0 saturated heterocycles. The van der Waals surface area contributed by atoms with Gasteiger partial charge in [-0.3, -0.25) is 0 Å². The van der Waals surface area contributed by atoms with Gasteiger partial charge in [0.2, 0.25) is 0 Å². The van der Waals surface area contributed by atoms with Gasteiger partial charge in [0, 0.05) is 12.7 Å². The van der Waals surface area contributed by atoms with Crippen molar-refractivity contribution >= 4 is 0 Å². The number of nitriles is 1. The van der Waals surface area contributed by atoms with Crippen LogP contribution >= 0.6 is 0 Å². The first-order valence-corrected chi connectivity index (χ1v) is 5.57. The summed E-state index contributed by atoms with van der Waals surface area (Å²) in [7, 11) is 1.03. The van der Waals surface area contributed by atoms with Crippen LogP contribution < -0.4 is 0 Å². The molecule has 0 aliphatic heterocycles. The van der Waals surface area contributed by atoms with E-state index in [9.17, 15) is 22.0 Å². The summed E-state index contributed by atoms with van der Waals surface area (Å²) in [5.74, 6) is -4.92. The minimum absolute atomic E-state index is 0.00479. The smallest absolute Gasteiger partial charge is 0.374 e. The van der Waals surface area contributed by atoms with Crippen molar-refractivity contribution in [2.75, 3.05) is 7.11 Å². The lowest BCUT2D eigenvalue weighted by Gasteiger charge is -2.33. The highest BCUT2D eigenvalue weighted by Crippen LogP contribution is 2.45. The lowest BCUT2D eigenvalue weighted by molar-refractivity contribution is -0.298. The maximum atomic E-state index is 13.2. The van der Waals surface area contributed by atoms with Gasteiger partial charge in [-0.1, -0.05) is 18.2 Å². The Bertz CT molecular complexity index is 520. The van der Waals surface area contributed by atoms with Gasteiger partial charge in [-0.15, -0.1) is 0 Å². The molecular weight excluding hydrogens is 281 g/mol. The van der Waals surface area contributed by atoms with E-state index in [0.29, 0.717) is 0 Å². The van der Waals surface area contributed by atoms with Crippen LogP contribution in [0.3, 0.4) is 0 Å². The summed E-state index contributed by atoms with van der Waals surface area (Å²) >= 11 is 0. The molecule has 1 rings (SSSR count). The number of methoxy groups -OCH3 is 1. The van der Waals surface area contributed by atoms with Crippen molar-refractivity contribution < 1.29 is 26.7 Å². The van der Waals surface area contributed by atoms with E-state index in [1.54, 1.807) is 6.07 Å². The first kappa shape index (κ1) is 16.4. The first-order chi connectivity index (χ1) is 9.07. The van der Waals surface area contributed by atoms with Gasteiger partial charge in [0.15, 0.2) is 0 Å². The number of hydrogen-bond donors (Lipinski definition) is 0. The van der Waals surface area contributed by atoms with Crippen LogP contribution in [0.5, 0.6) is 0 Å². The van der Waals surface area contributed by atoms with Crippen LogP contribution in [0.1, 0.15) is 24.5 Å². The molecule has 20 heavy (non-hydrogen) atoms. The van der Waals surface area contributed by atoms with Crippen molar-refractivity contribution in [1.82, 2.24) is 0 Å². The third-order valence-electron chi connectivity index (χ3n) is 3.04. The highest BCUT2D eigenvalue weighted by Gasteiger charge is 2.60. The van der Waals surface area contributed by atoms with Crippen molar-refractivity contribution in [1.29, 1.82) is 5.26 Å². The van der Waals surface area contributed by atoms with E-state index >= 15 is 0 Å². The Morgan fingerprint density at radius 2 is 1.70 bits per heavy atom. The van der Waals surface area contributed by atoms with E-state index in [2.05, 4.69) is 0 Å². The number of ether oxygens (including phenoxy) is 1. The summed E-state index contributed by atoms with van der Waals surface area (Å²) in [6.45, 7) is 1.10. The van der Waals surface area contributed by atoms with Gasteiger partial charge in [0.05, 0.1) is 23.7 Å². The minimum Gasteiger partial charge on any atom is -0.374 e. The molecule has 0 amide bonds. The first-order valence-electron chi connectivity index (χ1n) is 5.57. The summed E-state index contributed by atoms with van der Waals surface area (Å²) in [6.07, 6.45) is -7.27. The molecule has 0 fully saturated rings. The fourth-order valence-electron chi connectivity index (χ4n) is 1.84. The van der Waals surface area contributed by atoms with E-state index in [1.807, 2.05) is 0 Å². The highest BCUT2D eigenvalue weighted by molar-refractivity contribution is 5.41. The van der Waals surface area contributed by atoms with Gasteiger partial charge >= 0.3 is 12.1 Å². The van der Waals surface area contributed by atoms with Crippen molar-refractivity contribution in [3.8, 4) is 6.07 Å². The Hall–Kier alpha value is -1.68. The minimum atomic E-state index is -5.67. The topological polar surface area (TPSA) is 33.0 Å². The monoisotopic (exact) mass is 293 g/mol. The van der Waals surface area contributed by atoms with Gasteiger partial charge in [-0.05, 0) is 13.0 Å². The Balaban J connectivity index is 3.26. The molecule has 0 saturated carbocycles. The zero-order valence-corrected chi connectivity index (χ0v) is 10.8. The average Bonchev–Trinajstić information content (AvgIpc) is 2.36. The maximum absolute atomic E-state index is 13.2. The largest absolute Gasteiger partial charge is 0.453 e. The molecule has 0 N–H and O–H groups in total. The molecule has 0 heterocycles. The molecular formula is C13H12F5NO. The summed E-state index contributed by atoms with van der Waals surface area (Å²) in [6, 6.07) is 7.32. The van der Waals surface area contributed by atoms with Crippen LogP contribution in [0, 0.1) is 11.3 Å². The Labute approximate surface area is 112 Å². The molecule has 2 nitrogen and oxygen atoms in total. The van der Waals surface area contributed by atoms with Crippen LogP contribution in [0.2, 0.25) is 0 Å². The quantitative estimate of drug-likeness (QED) is 0.786. The fraction of sp³-hybridized carbons (Fsp3) is 0.462. The van der Waals surface area contributed by atoms with Crippen molar-refractivity contribution in [3.63, 3.8) is 0 Å². The second kappa shape index (κ2) is 5.37. The van der Waals surface area contributed by atoms with E-state index in [4.69, 9.17) is 10.00 Å². The van der Waals surface area contributed by atoms with Crippen LogP contribution in [-0.4, -0.2) is 19.2 Å². The molecule has 1 aromatic carbocycles. The third kappa shape index (κ3) is 3.07. The Kier molecular flexibility index (Phi) is 4.39. The predicted molar refractivity (Wildman–Crippen MR) is 61.1 cm³/mol. The normalized spacial score (nSPS) is 15.5. The molecule has 1 unspecified atom stereocenters. The molecule has 0 aliphatic rings. The number of hydrogen-bond acceptors (Lipinski definition) is 2. The summed E-state index contributed by atoms with van der Waals surface area (Å²) in [5, 5.41) is 8.92. The zero-order valence-electron chi connectivity index (χ0n) is 10.8. The van der Waals surface area contributed by atoms with Crippen LogP contribution in [0.15, 0.2) is 24.3 Å². The maximum Gasteiger partial charge on any atom is 0.453 e. The van der Waals surface area contributed by atoms with Gasteiger partial charge in [-0.25, -0.2) is 0 Å². The lowest BCUT2D eigenvalue weighted by atomic mass is 9.86. The van der Waals surface area contributed by atoms with E-state index in [1.165, 1.54) is 24.3 Å². The molecule has 7 heteroatoms. The van der Waals surface area contributed by atoms with Crippen molar-refractivity contribution in [3.05, 3.63) is 35.4 Å². The van der Waals surface area contributed by atoms with Gasteiger partial charge < -0.3 is 4.74 Å². The molecule has 0 aromatic heterocycles. The molecule has 110 valence electrons.